The molecule has 0 bridgehead atoms. The summed E-state index contributed by atoms with van der Waals surface area (Å²) in [7, 11) is 0.512. The van der Waals surface area contributed by atoms with Gasteiger partial charge in [0.15, 0.2) is 0 Å². The van der Waals surface area contributed by atoms with E-state index in [1.807, 2.05) is 0 Å². The van der Waals surface area contributed by atoms with Gasteiger partial charge in [-0.2, -0.15) is 0 Å². The Morgan fingerprint density at radius 1 is 1.26 bits per heavy atom. The van der Waals surface area contributed by atoms with Crippen LogP contribution in [0.1, 0.15) is 29.4 Å². The molecule has 1 aromatic heterocycles. The lowest BCUT2D eigenvalue weighted by Crippen LogP contribution is -2.17. The predicted molar refractivity (Wildman–Crippen MR) is 79.1 cm³/mol. The summed E-state index contributed by atoms with van der Waals surface area (Å²) in [5, 5.41) is 7.51. The minimum atomic E-state index is -4.72. The third-order valence-corrected chi connectivity index (χ3v) is 5.04. The van der Waals surface area contributed by atoms with E-state index in [4.69, 9.17) is 0 Å². The Morgan fingerprint density at radius 2 is 1.87 bits per heavy atom. The maximum atomic E-state index is 12.4. The Morgan fingerprint density at radius 3 is 2.35 bits per heavy atom. The van der Waals surface area contributed by atoms with Gasteiger partial charge in [-0.15, -0.1) is 23.4 Å². The first-order chi connectivity index (χ1) is 10.7. The van der Waals surface area contributed by atoms with Crippen LogP contribution >= 0.6 is 0 Å². The van der Waals surface area contributed by atoms with Crippen molar-refractivity contribution in [3.63, 3.8) is 0 Å². The second-order valence-electron chi connectivity index (χ2n) is 5.01. The van der Waals surface area contributed by atoms with Gasteiger partial charge in [0.1, 0.15) is 17.4 Å². The number of hydrogen-bond acceptors (Lipinski definition) is 4. The summed E-state index contributed by atoms with van der Waals surface area (Å²) in [5.74, 6) is 1.24. The van der Waals surface area contributed by atoms with Gasteiger partial charge in [-0.1, -0.05) is 12.1 Å². The Hall–Kier alpha value is -1.90. The highest BCUT2D eigenvalue weighted by molar-refractivity contribution is 7.84. The van der Waals surface area contributed by atoms with Gasteiger partial charge in [0.05, 0.1) is 11.0 Å². The SMILES string of the molecule is Cc1nnc(C[S@@](=O)[C@@H](C)c2ccc(OC(F)(F)F)cc2)n1C. The Kier molecular flexibility index (Phi) is 5.08. The molecule has 9 heteroatoms. The van der Waals surface area contributed by atoms with Gasteiger partial charge >= 0.3 is 6.36 Å². The average Bonchev–Trinajstić information content (AvgIpc) is 2.77. The molecule has 2 aromatic rings. The number of benzene rings is 1. The minimum absolute atomic E-state index is 0.222. The highest BCUT2D eigenvalue weighted by Gasteiger charge is 2.31. The fourth-order valence-electron chi connectivity index (χ4n) is 1.92. The molecule has 0 aliphatic heterocycles. The molecular formula is C14H16F3N3O2S. The highest BCUT2D eigenvalue weighted by atomic mass is 32.2. The quantitative estimate of drug-likeness (QED) is 0.834. The van der Waals surface area contributed by atoms with E-state index in [-0.39, 0.29) is 16.8 Å². The molecule has 23 heavy (non-hydrogen) atoms. The van der Waals surface area contributed by atoms with Crippen molar-refractivity contribution in [3.8, 4) is 5.75 Å². The van der Waals surface area contributed by atoms with Crippen LogP contribution in [0.2, 0.25) is 0 Å². The van der Waals surface area contributed by atoms with Crippen LogP contribution < -0.4 is 4.74 Å². The maximum absolute atomic E-state index is 12.4. The molecule has 2 rings (SSSR count). The van der Waals surface area contributed by atoms with Gasteiger partial charge in [-0.3, -0.25) is 4.21 Å². The standard InChI is InChI=1S/C14H16F3N3O2S/c1-9(23(21)8-13-19-18-10(2)20(13)3)11-4-6-12(7-5-11)22-14(15,16)17/h4-7,9H,8H2,1-3H3/t9-,23+/m0/s1. The number of hydrogen-bond donors (Lipinski definition) is 0. The lowest BCUT2D eigenvalue weighted by atomic mass is 10.2. The number of aryl methyl sites for hydroxylation is 1. The summed E-state index contributed by atoms with van der Waals surface area (Å²) in [5.41, 5.74) is 0.664. The second-order valence-corrected chi connectivity index (χ2v) is 6.76. The molecule has 0 radical (unpaired) electrons. The fraction of sp³-hybridized carbons (Fsp3) is 0.429. The first kappa shape index (κ1) is 17.5. The molecule has 1 aromatic carbocycles. The van der Waals surface area contributed by atoms with Gasteiger partial charge in [0.2, 0.25) is 0 Å². The zero-order valence-electron chi connectivity index (χ0n) is 12.8. The van der Waals surface area contributed by atoms with Gasteiger partial charge in [-0.25, -0.2) is 0 Å². The summed E-state index contributed by atoms with van der Waals surface area (Å²) in [4.78, 5) is 0. The van der Waals surface area contributed by atoms with E-state index in [0.29, 0.717) is 11.4 Å². The van der Waals surface area contributed by atoms with E-state index >= 15 is 0 Å². The molecule has 0 saturated heterocycles. The zero-order chi connectivity index (χ0) is 17.2. The molecule has 0 aliphatic carbocycles. The summed E-state index contributed by atoms with van der Waals surface area (Å²) in [6.07, 6.45) is -4.72. The zero-order valence-corrected chi connectivity index (χ0v) is 13.6. The maximum Gasteiger partial charge on any atom is 0.573 e. The van der Waals surface area contributed by atoms with E-state index in [1.54, 1.807) is 25.5 Å². The van der Waals surface area contributed by atoms with Crippen LogP contribution in [-0.2, 0) is 23.6 Å². The van der Waals surface area contributed by atoms with Crippen molar-refractivity contribution in [2.75, 3.05) is 0 Å². The molecule has 0 spiro atoms. The highest BCUT2D eigenvalue weighted by Crippen LogP contribution is 2.27. The molecule has 0 unspecified atom stereocenters. The van der Waals surface area contributed by atoms with Crippen LogP contribution in [0.25, 0.3) is 0 Å². The third-order valence-electron chi connectivity index (χ3n) is 3.43. The monoisotopic (exact) mass is 347 g/mol. The van der Waals surface area contributed by atoms with Crippen molar-refractivity contribution in [2.24, 2.45) is 7.05 Å². The smallest absolute Gasteiger partial charge is 0.406 e. The van der Waals surface area contributed by atoms with Crippen LogP contribution in [0.4, 0.5) is 13.2 Å². The fourth-order valence-corrected chi connectivity index (χ4v) is 3.14. The van der Waals surface area contributed by atoms with Crippen molar-refractivity contribution in [1.82, 2.24) is 14.8 Å². The topological polar surface area (TPSA) is 57.0 Å². The number of rotatable bonds is 5. The van der Waals surface area contributed by atoms with E-state index in [2.05, 4.69) is 14.9 Å². The van der Waals surface area contributed by atoms with Gasteiger partial charge in [-0.05, 0) is 31.5 Å². The summed E-state index contributed by atoms with van der Waals surface area (Å²) >= 11 is 0. The molecule has 0 fully saturated rings. The normalized spacial score (nSPS) is 14.5. The Bertz CT molecular complexity index is 698. The lowest BCUT2D eigenvalue weighted by Gasteiger charge is -2.13. The summed E-state index contributed by atoms with van der Waals surface area (Å²) in [6.45, 7) is 3.54. The van der Waals surface area contributed by atoms with Crippen LogP contribution in [0.5, 0.6) is 5.75 Å². The predicted octanol–water partition coefficient (Wildman–Crippen LogP) is 3.03. The van der Waals surface area contributed by atoms with Crippen molar-refractivity contribution in [3.05, 3.63) is 41.5 Å². The van der Waals surface area contributed by atoms with Crippen LogP contribution in [0.3, 0.4) is 0 Å². The van der Waals surface area contributed by atoms with E-state index in [0.717, 1.165) is 5.82 Å². The lowest BCUT2D eigenvalue weighted by molar-refractivity contribution is -0.274. The van der Waals surface area contributed by atoms with E-state index < -0.39 is 17.2 Å². The molecule has 0 aliphatic rings. The van der Waals surface area contributed by atoms with Gasteiger partial charge in [0.25, 0.3) is 0 Å². The molecule has 2 atom stereocenters. The van der Waals surface area contributed by atoms with Crippen molar-refractivity contribution < 1.29 is 22.1 Å². The second kappa shape index (κ2) is 6.69. The number of aromatic nitrogens is 3. The van der Waals surface area contributed by atoms with Crippen molar-refractivity contribution >= 4 is 10.8 Å². The number of nitrogens with zero attached hydrogens (tertiary/aromatic N) is 3. The summed E-state index contributed by atoms with van der Waals surface area (Å²) in [6, 6.07) is 5.38. The minimum Gasteiger partial charge on any atom is -0.406 e. The first-order valence-electron chi connectivity index (χ1n) is 6.75. The van der Waals surface area contributed by atoms with Gasteiger partial charge < -0.3 is 9.30 Å². The number of halogens is 3. The largest absolute Gasteiger partial charge is 0.573 e. The number of alkyl halides is 3. The molecular weight excluding hydrogens is 331 g/mol. The Labute approximate surface area is 133 Å². The third kappa shape index (κ3) is 4.54. The summed E-state index contributed by atoms with van der Waals surface area (Å²) < 4.78 is 54.3. The molecule has 5 nitrogen and oxygen atoms in total. The average molecular weight is 347 g/mol. The van der Waals surface area contributed by atoms with Gasteiger partial charge in [0, 0.05) is 17.8 Å². The molecule has 0 saturated carbocycles. The van der Waals surface area contributed by atoms with Crippen molar-refractivity contribution in [2.45, 2.75) is 31.2 Å². The van der Waals surface area contributed by atoms with Crippen LogP contribution in [0, 0.1) is 6.92 Å². The molecule has 126 valence electrons. The van der Waals surface area contributed by atoms with E-state index in [1.165, 1.54) is 24.3 Å². The molecule has 1 heterocycles. The molecule has 0 amide bonds. The van der Waals surface area contributed by atoms with Crippen LogP contribution in [-0.4, -0.2) is 25.3 Å². The van der Waals surface area contributed by atoms with E-state index in [9.17, 15) is 17.4 Å². The first-order valence-corrected chi connectivity index (χ1v) is 8.13. The Balaban J connectivity index is 2.06. The number of ether oxygens (including phenoxy) is 1. The van der Waals surface area contributed by atoms with Crippen molar-refractivity contribution in [1.29, 1.82) is 0 Å². The molecule has 0 N–H and O–H groups in total. The van der Waals surface area contributed by atoms with Crippen LogP contribution in [0.15, 0.2) is 24.3 Å².